The molecule has 14 heavy (non-hydrogen) atoms. The van der Waals surface area contributed by atoms with Crippen LogP contribution in [0.5, 0.6) is 0 Å². The van der Waals surface area contributed by atoms with Gasteiger partial charge in [0.15, 0.2) is 0 Å². The Hall–Kier alpha value is -0.910. The van der Waals surface area contributed by atoms with Crippen LogP contribution in [0, 0.1) is 0 Å². The smallest absolute Gasteiger partial charge is 0.336 e. The lowest BCUT2D eigenvalue weighted by Crippen LogP contribution is -2.11. The number of aliphatic hydroxyl groups excluding tert-OH is 1. The van der Waals surface area contributed by atoms with Crippen LogP contribution in [0.3, 0.4) is 0 Å². The minimum absolute atomic E-state index is 0.114. The second kappa shape index (κ2) is 8.68. The molecule has 0 aromatic rings. The predicted octanol–water partition coefficient (Wildman–Crippen LogP) is 0.436. The van der Waals surface area contributed by atoms with E-state index in [9.17, 15) is 4.79 Å². The average molecular weight is 204 g/mol. The van der Waals surface area contributed by atoms with Gasteiger partial charge in [-0.15, -0.1) is 0 Å². The number of rotatable bonds is 7. The molecule has 0 atom stereocenters. The standard InChI is InChI=1S/C9H16O5/c1-3-12-9(11)8(7-10)5-6-14-13-4-2/h5,10H,3-4,6-7H2,1-2H3/b8-5-. The summed E-state index contributed by atoms with van der Waals surface area (Å²) in [5.41, 5.74) is 0.173. The summed E-state index contributed by atoms with van der Waals surface area (Å²) in [6, 6.07) is 0. The van der Waals surface area contributed by atoms with Gasteiger partial charge in [-0.3, -0.25) is 0 Å². The summed E-state index contributed by atoms with van der Waals surface area (Å²) in [6.45, 7) is 3.94. The van der Waals surface area contributed by atoms with Crippen molar-refractivity contribution in [3.8, 4) is 0 Å². The summed E-state index contributed by atoms with van der Waals surface area (Å²) in [4.78, 5) is 20.3. The van der Waals surface area contributed by atoms with Crippen LogP contribution in [0.15, 0.2) is 11.6 Å². The van der Waals surface area contributed by atoms with Crippen molar-refractivity contribution in [2.75, 3.05) is 26.4 Å². The first-order valence-electron chi connectivity index (χ1n) is 4.47. The topological polar surface area (TPSA) is 65.0 Å². The van der Waals surface area contributed by atoms with Crippen LogP contribution >= 0.6 is 0 Å². The Bertz CT molecular complexity index is 188. The molecule has 0 radical (unpaired) electrons. The second-order valence-corrected chi connectivity index (χ2v) is 2.30. The molecule has 1 N–H and O–H groups in total. The lowest BCUT2D eigenvalue weighted by molar-refractivity contribution is -0.282. The zero-order valence-electron chi connectivity index (χ0n) is 8.49. The lowest BCUT2D eigenvalue weighted by atomic mass is 10.3. The molecule has 0 rings (SSSR count). The van der Waals surface area contributed by atoms with E-state index < -0.39 is 5.97 Å². The molecule has 0 fully saturated rings. The molecule has 0 aliphatic rings. The van der Waals surface area contributed by atoms with E-state index >= 15 is 0 Å². The molecule has 0 saturated heterocycles. The van der Waals surface area contributed by atoms with Gasteiger partial charge >= 0.3 is 5.97 Å². The van der Waals surface area contributed by atoms with Crippen molar-refractivity contribution in [1.82, 2.24) is 0 Å². The number of aliphatic hydroxyl groups is 1. The Morgan fingerprint density at radius 1 is 1.29 bits per heavy atom. The summed E-state index contributed by atoms with van der Waals surface area (Å²) < 4.78 is 4.69. The molecule has 82 valence electrons. The van der Waals surface area contributed by atoms with E-state index in [-0.39, 0.29) is 25.4 Å². The summed E-state index contributed by atoms with van der Waals surface area (Å²) in [5, 5.41) is 8.81. The van der Waals surface area contributed by atoms with Crippen molar-refractivity contribution in [3.05, 3.63) is 11.6 Å². The molecule has 0 aromatic heterocycles. The number of ether oxygens (including phenoxy) is 1. The molecule has 0 aromatic carbocycles. The molecule has 0 spiro atoms. The van der Waals surface area contributed by atoms with Crippen LogP contribution in [-0.4, -0.2) is 37.5 Å². The summed E-state index contributed by atoms with van der Waals surface area (Å²) >= 11 is 0. The van der Waals surface area contributed by atoms with E-state index in [1.54, 1.807) is 13.8 Å². The van der Waals surface area contributed by atoms with Crippen molar-refractivity contribution >= 4 is 5.97 Å². The van der Waals surface area contributed by atoms with Crippen molar-refractivity contribution in [1.29, 1.82) is 0 Å². The summed E-state index contributed by atoms with van der Waals surface area (Å²) in [5.74, 6) is -0.532. The van der Waals surface area contributed by atoms with Crippen LogP contribution in [0.1, 0.15) is 13.8 Å². The molecular formula is C9H16O5. The fraction of sp³-hybridized carbons (Fsp3) is 0.667. The van der Waals surface area contributed by atoms with E-state index in [0.717, 1.165) is 0 Å². The second-order valence-electron chi connectivity index (χ2n) is 2.30. The third-order valence-electron chi connectivity index (χ3n) is 1.31. The quantitative estimate of drug-likeness (QED) is 0.214. The van der Waals surface area contributed by atoms with Gasteiger partial charge in [-0.05, 0) is 19.9 Å². The first-order valence-corrected chi connectivity index (χ1v) is 4.47. The van der Waals surface area contributed by atoms with E-state index in [1.807, 2.05) is 0 Å². The minimum atomic E-state index is -0.532. The Kier molecular flexibility index (Phi) is 8.11. The SMILES string of the molecule is CCOOC/C=C(/CO)C(=O)OCC. The molecule has 0 unspecified atom stereocenters. The summed E-state index contributed by atoms with van der Waals surface area (Å²) in [7, 11) is 0. The van der Waals surface area contributed by atoms with Crippen molar-refractivity contribution in [2.24, 2.45) is 0 Å². The predicted molar refractivity (Wildman–Crippen MR) is 49.4 cm³/mol. The van der Waals surface area contributed by atoms with Gasteiger partial charge in [0.05, 0.1) is 25.4 Å². The normalized spacial score (nSPS) is 11.5. The van der Waals surface area contributed by atoms with Gasteiger partial charge in [-0.25, -0.2) is 14.6 Å². The zero-order valence-corrected chi connectivity index (χ0v) is 8.49. The van der Waals surface area contributed by atoms with E-state index in [0.29, 0.717) is 6.61 Å². The van der Waals surface area contributed by atoms with Gasteiger partial charge in [0.2, 0.25) is 0 Å². The van der Waals surface area contributed by atoms with Crippen molar-refractivity contribution in [2.45, 2.75) is 13.8 Å². The van der Waals surface area contributed by atoms with Gasteiger partial charge in [0.25, 0.3) is 0 Å². The fourth-order valence-corrected chi connectivity index (χ4v) is 0.702. The maximum atomic E-state index is 11.1. The first-order chi connectivity index (χ1) is 6.76. The van der Waals surface area contributed by atoms with Crippen LogP contribution in [0.4, 0.5) is 0 Å². The first kappa shape index (κ1) is 13.1. The van der Waals surface area contributed by atoms with Gasteiger partial charge in [-0.2, -0.15) is 0 Å². The highest BCUT2D eigenvalue weighted by Gasteiger charge is 2.08. The third-order valence-corrected chi connectivity index (χ3v) is 1.31. The van der Waals surface area contributed by atoms with Gasteiger partial charge in [0, 0.05) is 0 Å². The number of esters is 1. The van der Waals surface area contributed by atoms with Gasteiger partial charge < -0.3 is 9.84 Å². The van der Waals surface area contributed by atoms with Crippen LogP contribution in [-0.2, 0) is 19.3 Å². The maximum Gasteiger partial charge on any atom is 0.336 e. The van der Waals surface area contributed by atoms with E-state index in [2.05, 4.69) is 14.5 Å². The molecule has 5 heteroatoms. The maximum absolute atomic E-state index is 11.1. The largest absolute Gasteiger partial charge is 0.463 e. The Balaban J connectivity index is 3.91. The molecular weight excluding hydrogens is 188 g/mol. The van der Waals surface area contributed by atoms with Gasteiger partial charge in [-0.1, -0.05) is 0 Å². The number of carbonyl (C=O) groups excluding carboxylic acids is 1. The molecule has 0 aliphatic carbocycles. The Labute approximate surface area is 83.2 Å². The Morgan fingerprint density at radius 3 is 2.50 bits per heavy atom. The molecule has 0 saturated carbocycles. The van der Waals surface area contributed by atoms with Crippen molar-refractivity contribution < 1.29 is 24.4 Å². The minimum Gasteiger partial charge on any atom is -0.463 e. The molecule has 0 heterocycles. The summed E-state index contributed by atoms with van der Waals surface area (Å²) in [6.07, 6.45) is 1.42. The van der Waals surface area contributed by atoms with E-state index in [4.69, 9.17) is 5.11 Å². The van der Waals surface area contributed by atoms with Gasteiger partial charge in [0.1, 0.15) is 6.61 Å². The van der Waals surface area contributed by atoms with Crippen LogP contribution in [0.25, 0.3) is 0 Å². The van der Waals surface area contributed by atoms with Crippen LogP contribution in [0.2, 0.25) is 0 Å². The number of carbonyl (C=O) groups is 1. The molecule has 0 aliphatic heterocycles. The number of hydrogen-bond acceptors (Lipinski definition) is 5. The molecule has 0 bridgehead atoms. The Morgan fingerprint density at radius 2 is 2.00 bits per heavy atom. The highest BCUT2D eigenvalue weighted by molar-refractivity contribution is 5.88. The van der Waals surface area contributed by atoms with Crippen molar-refractivity contribution in [3.63, 3.8) is 0 Å². The molecule has 0 amide bonds. The number of hydrogen-bond donors (Lipinski definition) is 1. The highest BCUT2D eigenvalue weighted by Crippen LogP contribution is 1.97. The fourth-order valence-electron chi connectivity index (χ4n) is 0.702. The molecule has 5 nitrogen and oxygen atoms in total. The highest BCUT2D eigenvalue weighted by atomic mass is 17.2. The monoisotopic (exact) mass is 204 g/mol. The van der Waals surface area contributed by atoms with E-state index in [1.165, 1.54) is 6.08 Å². The zero-order chi connectivity index (χ0) is 10.8. The third kappa shape index (κ3) is 5.69. The lowest BCUT2D eigenvalue weighted by Gasteiger charge is -2.03. The average Bonchev–Trinajstić information content (AvgIpc) is 2.18. The van der Waals surface area contributed by atoms with Crippen LogP contribution < -0.4 is 0 Å².